The number of hydrogen-bond donors (Lipinski definition) is 2. The van der Waals surface area contributed by atoms with E-state index in [1.807, 2.05) is 20.8 Å². The SMILES string of the molecule is CN(C)CCCNC1CCC(NC(=O)OC(C)(C)C)C1. The fraction of sp³-hybridized carbons (Fsp3) is 0.933. The Balaban J connectivity index is 2.15. The molecule has 2 N–H and O–H groups in total. The van der Waals surface area contributed by atoms with Gasteiger partial charge in [0.1, 0.15) is 5.60 Å². The molecule has 0 saturated heterocycles. The van der Waals surface area contributed by atoms with Crippen LogP contribution >= 0.6 is 0 Å². The molecule has 20 heavy (non-hydrogen) atoms. The molecule has 0 heterocycles. The summed E-state index contributed by atoms with van der Waals surface area (Å²) in [6.07, 6.45) is 4.03. The number of carbonyl (C=O) groups is 1. The first-order valence-electron chi connectivity index (χ1n) is 7.64. The summed E-state index contributed by atoms with van der Waals surface area (Å²) >= 11 is 0. The molecule has 2 unspecified atom stereocenters. The Bertz CT molecular complexity index is 300. The zero-order valence-electron chi connectivity index (χ0n) is 13.7. The fourth-order valence-corrected chi connectivity index (χ4v) is 2.47. The quantitative estimate of drug-likeness (QED) is 0.733. The molecule has 0 bridgehead atoms. The van der Waals surface area contributed by atoms with E-state index >= 15 is 0 Å². The summed E-state index contributed by atoms with van der Waals surface area (Å²) in [5.41, 5.74) is -0.424. The van der Waals surface area contributed by atoms with Crippen molar-refractivity contribution in [3.63, 3.8) is 0 Å². The lowest BCUT2D eigenvalue weighted by atomic mass is 10.2. The summed E-state index contributed by atoms with van der Waals surface area (Å²) in [5, 5.41) is 6.53. The van der Waals surface area contributed by atoms with Gasteiger partial charge in [0.25, 0.3) is 0 Å². The van der Waals surface area contributed by atoms with Crippen LogP contribution in [0, 0.1) is 0 Å². The number of alkyl carbamates (subject to hydrolysis) is 1. The highest BCUT2D eigenvalue weighted by Gasteiger charge is 2.27. The van der Waals surface area contributed by atoms with E-state index in [-0.39, 0.29) is 12.1 Å². The van der Waals surface area contributed by atoms with Gasteiger partial charge in [-0.15, -0.1) is 0 Å². The highest BCUT2D eigenvalue weighted by Crippen LogP contribution is 2.19. The Morgan fingerprint density at radius 2 is 1.90 bits per heavy atom. The normalized spacial score (nSPS) is 23.1. The molecule has 0 aromatic rings. The van der Waals surface area contributed by atoms with Gasteiger partial charge in [0, 0.05) is 12.1 Å². The van der Waals surface area contributed by atoms with Crippen molar-refractivity contribution in [2.24, 2.45) is 0 Å². The van der Waals surface area contributed by atoms with Crippen molar-refractivity contribution < 1.29 is 9.53 Å². The van der Waals surface area contributed by atoms with Crippen molar-refractivity contribution in [2.45, 2.75) is 64.1 Å². The molecule has 0 radical (unpaired) electrons. The van der Waals surface area contributed by atoms with Crippen molar-refractivity contribution in [3.8, 4) is 0 Å². The van der Waals surface area contributed by atoms with Gasteiger partial charge in [-0.3, -0.25) is 0 Å². The van der Waals surface area contributed by atoms with E-state index in [0.29, 0.717) is 6.04 Å². The zero-order chi connectivity index (χ0) is 15.2. The topological polar surface area (TPSA) is 53.6 Å². The van der Waals surface area contributed by atoms with Crippen molar-refractivity contribution in [3.05, 3.63) is 0 Å². The summed E-state index contributed by atoms with van der Waals surface area (Å²) in [4.78, 5) is 13.9. The number of nitrogens with zero attached hydrogens (tertiary/aromatic N) is 1. The Morgan fingerprint density at radius 3 is 2.50 bits per heavy atom. The molecule has 1 rings (SSSR count). The fourth-order valence-electron chi connectivity index (χ4n) is 2.47. The molecule has 0 spiro atoms. The van der Waals surface area contributed by atoms with Crippen LogP contribution in [0.2, 0.25) is 0 Å². The maximum atomic E-state index is 11.7. The monoisotopic (exact) mass is 285 g/mol. The average molecular weight is 285 g/mol. The number of rotatable bonds is 6. The number of ether oxygens (including phenoxy) is 1. The summed E-state index contributed by atoms with van der Waals surface area (Å²) in [7, 11) is 4.19. The smallest absolute Gasteiger partial charge is 0.407 e. The minimum absolute atomic E-state index is 0.246. The van der Waals surface area contributed by atoms with Crippen molar-refractivity contribution in [1.82, 2.24) is 15.5 Å². The minimum atomic E-state index is -0.424. The third-order valence-electron chi connectivity index (χ3n) is 3.37. The molecule has 1 fully saturated rings. The van der Waals surface area contributed by atoms with Gasteiger partial charge in [0.15, 0.2) is 0 Å². The van der Waals surface area contributed by atoms with Crippen LogP contribution in [0.1, 0.15) is 46.5 Å². The maximum Gasteiger partial charge on any atom is 0.407 e. The van der Waals surface area contributed by atoms with Crippen LogP contribution in [-0.2, 0) is 4.74 Å². The van der Waals surface area contributed by atoms with Crippen molar-refractivity contribution in [1.29, 1.82) is 0 Å². The molecule has 1 saturated carbocycles. The molecule has 0 aromatic heterocycles. The standard InChI is InChI=1S/C15H31N3O2/c1-15(2,3)20-14(19)17-13-8-7-12(11-13)16-9-6-10-18(4)5/h12-13,16H,6-11H2,1-5H3,(H,17,19). The number of nitrogens with one attached hydrogen (secondary N) is 2. The Kier molecular flexibility index (Phi) is 6.76. The van der Waals surface area contributed by atoms with Gasteiger partial charge in [-0.05, 0) is 73.6 Å². The van der Waals surface area contributed by atoms with Gasteiger partial charge in [-0.2, -0.15) is 0 Å². The van der Waals surface area contributed by atoms with Crippen molar-refractivity contribution >= 4 is 6.09 Å². The lowest BCUT2D eigenvalue weighted by Crippen LogP contribution is -2.39. The van der Waals surface area contributed by atoms with E-state index in [4.69, 9.17) is 4.74 Å². The average Bonchev–Trinajstić information content (AvgIpc) is 2.69. The maximum absolute atomic E-state index is 11.7. The minimum Gasteiger partial charge on any atom is -0.444 e. The summed E-state index contributed by atoms with van der Waals surface area (Å²) in [5.74, 6) is 0. The van der Waals surface area contributed by atoms with E-state index in [1.54, 1.807) is 0 Å². The van der Waals surface area contributed by atoms with Gasteiger partial charge in [-0.25, -0.2) is 4.79 Å². The highest BCUT2D eigenvalue weighted by atomic mass is 16.6. The highest BCUT2D eigenvalue weighted by molar-refractivity contribution is 5.68. The van der Waals surface area contributed by atoms with E-state index in [0.717, 1.165) is 38.8 Å². The number of hydrogen-bond acceptors (Lipinski definition) is 4. The van der Waals surface area contributed by atoms with Crippen LogP contribution in [-0.4, -0.2) is 55.9 Å². The molecule has 5 nitrogen and oxygen atoms in total. The number of amides is 1. The summed E-state index contributed by atoms with van der Waals surface area (Å²) in [6, 6.07) is 0.772. The largest absolute Gasteiger partial charge is 0.444 e. The Morgan fingerprint density at radius 1 is 1.25 bits per heavy atom. The molecule has 1 aliphatic carbocycles. The van der Waals surface area contributed by atoms with Crippen LogP contribution in [0.25, 0.3) is 0 Å². The molecule has 118 valence electrons. The second kappa shape index (κ2) is 7.84. The van der Waals surface area contributed by atoms with Gasteiger partial charge >= 0.3 is 6.09 Å². The second-order valence-electron chi connectivity index (χ2n) is 6.96. The first-order chi connectivity index (χ1) is 9.26. The first-order valence-corrected chi connectivity index (χ1v) is 7.64. The Labute approximate surface area is 123 Å². The van der Waals surface area contributed by atoms with E-state index in [1.165, 1.54) is 0 Å². The van der Waals surface area contributed by atoms with Gasteiger partial charge < -0.3 is 20.3 Å². The second-order valence-corrected chi connectivity index (χ2v) is 6.96. The van der Waals surface area contributed by atoms with Crippen LogP contribution < -0.4 is 10.6 Å². The molecule has 2 atom stereocenters. The lowest BCUT2D eigenvalue weighted by molar-refractivity contribution is 0.0505. The first kappa shape index (κ1) is 17.2. The van der Waals surface area contributed by atoms with Gasteiger partial charge in [0.05, 0.1) is 0 Å². The van der Waals surface area contributed by atoms with Crippen LogP contribution in [0.15, 0.2) is 0 Å². The van der Waals surface area contributed by atoms with Crippen molar-refractivity contribution in [2.75, 3.05) is 27.2 Å². The molecule has 0 aromatic carbocycles. The third-order valence-corrected chi connectivity index (χ3v) is 3.37. The van der Waals surface area contributed by atoms with Crippen LogP contribution in [0.4, 0.5) is 4.79 Å². The predicted molar refractivity (Wildman–Crippen MR) is 82.0 cm³/mol. The molecular formula is C15H31N3O2. The van der Waals surface area contributed by atoms with Gasteiger partial charge in [0.2, 0.25) is 0 Å². The molecule has 1 aliphatic rings. The molecule has 1 amide bonds. The molecule has 5 heteroatoms. The lowest BCUT2D eigenvalue weighted by Gasteiger charge is -2.22. The zero-order valence-corrected chi connectivity index (χ0v) is 13.7. The van der Waals surface area contributed by atoms with Gasteiger partial charge in [-0.1, -0.05) is 0 Å². The van der Waals surface area contributed by atoms with E-state index < -0.39 is 5.60 Å². The summed E-state index contributed by atoms with van der Waals surface area (Å²) in [6.45, 7) is 7.81. The predicted octanol–water partition coefficient (Wildman–Crippen LogP) is 1.97. The summed E-state index contributed by atoms with van der Waals surface area (Å²) < 4.78 is 5.28. The van der Waals surface area contributed by atoms with E-state index in [2.05, 4.69) is 29.6 Å². The molecular weight excluding hydrogens is 254 g/mol. The van der Waals surface area contributed by atoms with Crippen LogP contribution in [0.5, 0.6) is 0 Å². The van der Waals surface area contributed by atoms with Crippen LogP contribution in [0.3, 0.4) is 0 Å². The van der Waals surface area contributed by atoms with E-state index in [9.17, 15) is 4.79 Å². The molecule has 0 aliphatic heterocycles. The third kappa shape index (κ3) is 7.70. The Hall–Kier alpha value is -0.810. The number of carbonyl (C=O) groups excluding carboxylic acids is 1.